The number of benzene rings is 1. The summed E-state index contributed by atoms with van der Waals surface area (Å²) in [5.41, 5.74) is 7.18. The molecule has 1 aromatic carbocycles. The Morgan fingerprint density at radius 1 is 1.32 bits per heavy atom. The van der Waals surface area contributed by atoms with Crippen LogP contribution in [0.4, 0.5) is 0 Å². The summed E-state index contributed by atoms with van der Waals surface area (Å²) >= 11 is 1.57. The highest BCUT2D eigenvalue weighted by Crippen LogP contribution is 2.21. The minimum atomic E-state index is -0.929. The molecule has 0 bridgehead atoms. The van der Waals surface area contributed by atoms with Gasteiger partial charge in [-0.15, -0.1) is 5.10 Å². The summed E-state index contributed by atoms with van der Waals surface area (Å²) in [7, 11) is 0. The van der Waals surface area contributed by atoms with Crippen molar-refractivity contribution >= 4 is 29.5 Å². The van der Waals surface area contributed by atoms with Gasteiger partial charge in [0, 0.05) is 12.0 Å². The number of hydrogen-bond donors (Lipinski definition) is 3. The third kappa shape index (κ3) is 6.38. The number of rotatable bonds is 11. The molecule has 0 aliphatic rings. The van der Waals surface area contributed by atoms with Gasteiger partial charge in [-0.25, -0.2) is 0 Å². The van der Waals surface area contributed by atoms with Crippen LogP contribution in [0.3, 0.4) is 0 Å². The Labute approximate surface area is 166 Å². The quantitative estimate of drug-likeness (QED) is 0.499. The maximum absolute atomic E-state index is 12.1. The molecule has 10 heteroatoms. The van der Waals surface area contributed by atoms with E-state index in [2.05, 4.69) is 15.6 Å². The smallest absolute Gasteiger partial charge is 0.307 e. The van der Waals surface area contributed by atoms with Gasteiger partial charge in [0.05, 0.1) is 19.2 Å². The molecule has 2 amide bonds. The molecular formula is C18H23N5O4S. The molecule has 2 aromatic rings. The summed E-state index contributed by atoms with van der Waals surface area (Å²) in [5.74, 6) is -1.06. The molecule has 0 unspecified atom stereocenters. The summed E-state index contributed by atoms with van der Waals surface area (Å²) in [6, 6.07) is 6.39. The molecule has 0 aliphatic carbocycles. The predicted octanol–water partition coefficient (Wildman–Crippen LogP) is 0.685. The van der Waals surface area contributed by atoms with Gasteiger partial charge in [-0.1, -0.05) is 29.5 Å². The van der Waals surface area contributed by atoms with Crippen molar-refractivity contribution in [2.24, 2.45) is 5.73 Å². The largest absolute Gasteiger partial charge is 0.481 e. The summed E-state index contributed by atoms with van der Waals surface area (Å²) in [6.45, 7) is 0.272. The zero-order valence-electron chi connectivity index (χ0n) is 15.5. The van der Waals surface area contributed by atoms with E-state index in [0.717, 1.165) is 5.75 Å². The molecule has 150 valence electrons. The molecule has 0 spiro atoms. The number of thioether (sulfide) groups is 1. The Kier molecular flexibility index (Phi) is 8.00. The second-order valence-electron chi connectivity index (χ2n) is 6.15. The Hall–Kier alpha value is -2.88. The number of carbonyl (C=O) groups is 3. The van der Waals surface area contributed by atoms with Gasteiger partial charge >= 0.3 is 5.97 Å². The molecular weight excluding hydrogens is 382 g/mol. The van der Waals surface area contributed by atoms with Crippen LogP contribution >= 0.6 is 11.8 Å². The number of aliphatic carboxylic acids is 1. The summed E-state index contributed by atoms with van der Waals surface area (Å²) in [5, 5.41) is 19.7. The number of carboxylic acids is 1. The second kappa shape index (κ2) is 10.5. The minimum Gasteiger partial charge on any atom is -0.481 e. The van der Waals surface area contributed by atoms with Crippen LogP contribution in [0.25, 0.3) is 11.3 Å². The van der Waals surface area contributed by atoms with Crippen molar-refractivity contribution in [1.29, 1.82) is 0 Å². The molecule has 1 heterocycles. The van der Waals surface area contributed by atoms with Crippen molar-refractivity contribution in [2.75, 3.05) is 12.0 Å². The zero-order valence-corrected chi connectivity index (χ0v) is 16.3. The zero-order chi connectivity index (χ0) is 20.5. The summed E-state index contributed by atoms with van der Waals surface area (Å²) < 4.78 is 1.51. The molecule has 0 fully saturated rings. The average Bonchev–Trinajstić information content (AvgIpc) is 3.12. The molecule has 0 radical (unpaired) electrons. The van der Waals surface area contributed by atoms with Gasteiger partial charge in [0.15, 0.2) is 0 Å². The number of hydrogen-bond acceptors (Lipinski definition) is 6. The van der Waals surface area contributed by atoms with Gasteiger partial charge in [-0.2, -0.15) is 11.8 Å². The van der Waals surface area contributed by atoms with Crippen LogP contribution in [0, 0.1) is 0 Å². The first kappa shape index (κ1) is 21.4. The first-order valence-electron chi connectivity index (χ1n) is 8.68. The van der Waals surface area contributed by atoms with Gasteiger partial charge in [0.25, 0.3) is 0 Å². The van der Waals surface area contributed by atoms with E-state index >= 15 is 0 Å². The number of nitrogens with one attached hydrogen (secondary N) is 1. The molecule has 0 saturated heterocycles. The Bertz CT molecular complexity index is 839. The van der Waals surface area contributed by atoms with Crippen LogP contribution in [0.1, 0.15) is 18.4 Å². The van der Waals surface area contributed by atoms with Crippen molar-refractivity contribution in [3.05, 3.63) is 36.0 Å². The average molecular weight is 405 g/mol. The number of aromatic nitrogens is 3. The van der Waals surface area contributed by atoms with E-state index < -0.39 is 17.9 Å². The van der Waals surface area contributed by atoms with Crippen molar-refractivity contribution in [3.63, 3.8) is 0 Å². The van der Waals surface area contributed by atoms with E-state index in [1.165, 1.54) is 4.68 Å². The van der Waals surface area contributed by atoms with E-state index in [-0.39, 0.29) is 25.3 Å². The monoisotopic (exact) mass is 405 g/mol. The number of nitrogens with two attached hydrogens (primary N) is 1. The molecule has 0 aliphatic heterocycles. The van der Waals surface area contributed by atoms with Gasteiger partial charge in [0.1, 0.15) is 11.7 Å². The van der Waals surface area contributed by atoms with Gasteiger partial charge in [-0.05, 0) is 24.0 Å². The lowest BCUT2D eigenvalue weighted by atomic mass is 10.0. The lowest BCUT2D eigenvalue weighted by Gasteiger charge is -2.14. The molecule has 1 aromatic heterocycles. The molecule has 28 heavy (non-hydrogen) atoms. The highest BCUT2D eigenvalue weighted by atomic mass is 32.2. The van der Waals surface area contributed by atoms with Crippen LogP contribution < -0.4 is 11.1 Å². The van der Waals surface area contributed by atoms with Crippen molar-refractivity contribution in [1.82, 2.24) is 20.3 Å². The van der Waals surface area contributed by atoms with Crippen molar-refractivity contribution in [3.8, 4) is 11.3 Å². The van der Waals surface area contributed by atoms with Crippen LogP contribution in [0.2, 0.25) is 0 Å². The Morgan fingerprint density at radius 2 is 2.07 bits per heavy atom. The van der Waals surface area contributed by atoms with E-state index in [0.29, 0.717) is 23.2 Å². The summed E-state index contributed by atoms with van der Waals surface area (Å²) in [4.78, 5) is 34.5. The Balaban J connectivity index is 1.97. The van der Waals surface area contributed by atoms with E-state index in [1.807, 2.05) is 6.26 Å². The number of amides is 2. The maximum atomic E-state index is 12.1. The predicted molar refractivity (Wildman–Crippen MR) is 106 cm³/mol. The molecule has 1 atom stereocenters. The number of carbonyl (C=O) groups excluding carboxylic acids is 2. The van der Waals surface area contributed by atoms with Crippen molar-refractivity contribution in [2.45, 2.75) is 31.8 Å². The van der Waals surface area contributed by atoms with Crippen LogP contribution in [-0.4, -0.2) is 55.9 Å². The third-order valence-electron chi connectivity index (χ3n) is 4.03. The van der Waals surface area contributed by atoms with Crippen LogP contribution in [-0.2, 0) is 27.3 Å². The topological polar surface area (TPSA) is 140 Å². The third-order valence-corrected chi connectivity index (χ3v) is 4.67. The van der Waals surface area contributed by atoms with E-state index in [9.17, 15) is 14.4 Å². The van der Waals surface area contributed by atoms with Crippen molar-refractivity contribution < 1.29 is 19.5 Å². The van der Waals surface area contributed by atoms with Gasteiger partial charge in [-0.3, -0.25) is 19.1 Å². The second-order valence-corrected chi connectivity index (χ2v) is 7.13. The molecule has 4 N–H and O–H groups in total. The molecule has 0 saturated carbocycles. The molecule has 2 rings (SSSR count). The normalized spacial score (nSPS) is 11.8. The number of aryl methyl sites for hydroxylation is 1. The van der Waals surface area contributed by atoms with E-state index in [4.69, 9.17) is 10.8 Å². The SMILES string of the molecule is CSCC[C@H](NC(=O)CCn1cc(-c2ccccc2CC(=O)O)nn1)C(N)=O. The Morgan fingerprint density at radius 3 is 2.75 bits per heavy atom. The maximum Gasteiger partial charge on any atom is 0.307 e. The minimum absolute atomic E-state index is 0.114. The standard InChI is InChI=1S/C18H23N5O4S/c1-28-9-7-14(18(19)27)20-16(24)6-8-23-11-15(21-22-23)13-5-3-2-4-12(13)10-17(25)26/h2-5,11,14H,6-10H2,1H3,(H2,19,27)(H,20,24)(H,25,26)/t14-/m0/s1. The number of nitrogens with zero attached hydrogens (tertiary/aromatic N) is 3. The number of carboxylic acid groups (broad SMARTS) is 1. The fourth-order valence-electron chi connectivity index (χ4n) is 2.62. The van der Waals surface area contributed by atoms with E-state index in [1.54, 1.807) is 42.2 Å². The lowest BCUT2D eigenvalue weighted by Crippen LogP contribution is -2.45. The van der Waals surface area contributed by atoms with Crippen LogP contribution in [0.15, 0.2) is 30.5 Å². The fourth-order valence-corrected chi connectivity index (χ4v) is 3.09. The summed E-state index contributed by atoms with van der Waals surface area (Å²) in [6.07, 6.45) is 4.05. The van der Waals surface area contributed by atoms with Crippen LogP contribution in [0.5, 0.6) is 0 Å². The first-order chi connectivity index (χ1) is 13.4. The first-order valence-corrected chi connectivity index (χ1v) is 10.1. The molecule has 9 nitrogen and oxygen atoms in total. The fraction of sp³-hybridized carbons (Fsp3) is 0.389. The van der Waals surface area contributed by atoms with Gasteiger partial charge < -0.3 is 16.2 Å². The highest BCUT2D eigenvalue weighted by molar-refractivity contribution is 7.98. The van der Waals surface area contributed by atoms with Gasteiger partial charge in [0.2, 0.25) is 11.8 Å². The highest BCUT2D eigenvalue weighted by Gasteiger charge is 2.18. The number of primary amides is 1. The lowest BCUT2D eigenvalue weighted by molar-refractivity contribution is -0.136.